The maximum Gasteiger partial charge on any atom is 0.308 e. The standard InChI is InChI=1S/C8H13NO3/c1-4-12-7(11)5-8(2,3)9-6-10/h4-5H2,1-3H3. The van der Waals surface area contributed by atoms with Crippen molar-refractivity contribution in [1.29, 1.82) is 0 Å². The van der Waals surface area contributed by atoms with E-state index in [0.29, 0.717) is 6.61 Å². The quantitative estimate of drug-likeness (QED) is 0.361. The van der Waals surface area contributed by atoms with Crippen molar-refractivity contribution >= 4 is 12.0 Å². The molecule has 0 radical (unpaired) electrons. The molecule has 0 fully saturated rings. The maximum absolute atomic E-state index is 10.9. The molecule has 0 aliphatic rings. The van der Waals surface area contributed by atoms with Crippen LogP contribution in [-0.4, -0.2) is 24.2 Å². The Bertz CT molecular complexity index is 204. The summed E-state index contributed by atoms with van der Waals surface area (Å²) in [6, 6.07) is 0. The zero-order valence-corrected chi connectivity index (χ0v) is 7.59. The summed E-state index contributed by atoms with van der Waals surface area (Å²) in [4.78, 5) is 24.3. The van der Waals surface area contributed by atoms with E-state index in [0.717, 1.165) is 0 Å². The second kappa shape index (κ2) is 4.67. The number of aliphatic imine (C=N–C) groups is 1. The number of nitrogens with zero attached hydrogens (tertiary/aromatic N) is 1. The third-order valence-corrected chi connectivity index (χ3v) is 1.23. The summed E-state index contributed by atoms with van der Waals surface area (Å²) in [7, 11) is 0. The topological polar surface area (TPSA) is 55.7 Å². The van der Waals surface area contributed by atoms with Crippen molar-refractivity contribution < 1.29 is 14.3 Å². The summed E-state index contributed by atoms with van der Waals surface area (Å²) in [6.07, 6.45) is 1.53. The molecule has 0 unspecified atom stereocenters. The number of carbonyl (C=O) groups is 1. The van der Waals surface area contributed by atoms with Gasteiger partial charge in [0.1, 0.15) is 0 Å². The molecule has 0 aromatic carbocycles. The van der Waals surface area contributed by atoms with Gasteiger partial charge in [0.25, 0.3) is 0 Å². The second-order valence-corrected chi connectivity index (χ2v) is 3.00. The largest absolute Gasteiger partial charge is 0.466 e. The van der Waals surface area contributed by atoms with Crippen molar-refractivity contribution in [2.45, 2.75) is 32.7 Å². The van der Waals surface area contributed by atoms with Crippen LogP contribution in [-0.2, 0) is 14.3 Å². The molecule has 12 heavy (non-hydrogen) atoms. The van der Waals surface area contributed by atoms with Crippen LogP contribution in [0.15, 0.2) is 4.99 Å². The lowest BCUT2D eigenvalue weighted by Crippen LogP contribution is -2.22. The summed E-state index contributed by atoms with van der Waals surface area (Å²) in [5, 5.41) is 0. The summed E-state index contributed by atoms with van der Waals surface area (Å²) in [5.74, 6) is -0.346. The van der Waals surface area contributed by atoms with Crippen molar-refractivity contribution in [2.75, 3.05) is 6.61 Å². The van der Waals surface area contributed by atoms with Gasteiger partial charge in [-0.3, -0.25) is 4.79 Å². The molecule has 0 saturated carbocycles. The summed E-state index contributed by atoms with van der Waals surface area (Å²) < 4.78 is 4.70. The molecule has 0 rings (SSSR count). The maximum atomic E-state index is 10.9. The molecule has 0 atom stereocenters. The van der Waals surface area contributed by atoms with Crippen LogP contribution in [0.25, 0.3) is 0 Å². The van der Waals surface area contributed by atoms with Gasteiger partial charge >= 0.3 is 5.97 Å². The number of isocyanates is 1. The Labute approximate surface area is 71.6 Å². The van der Waals surface area contributed by atoms with Crippen molar-refractivity contribution in [3.05, 3.63) is 0 Å². The highest BCUT2D eigenvalue weighted by Crippen LogP contribution is 2.13. The first kappa shape index (κ1) is 10.8. The lowest BCUT2D eigenvalue weighted by molar-refractivity contribution is -0.144. The van der Waals surface area contributed by atoms with Gasteiger partial charge in [0, 0.05) is 0 Å². The number of carbonyl (C=O) groups excluding carboxylic acids is 2. The van der Waals surface area contributed by atoms with E-state index in [4.69, 9.17) is 4.74 Å². The number of rotatable bonds is 4. The average Bonchev–Trinajstić information content (AvgIpc) is 1.85. The molecular weight excluding hydrogens is 158 g/mol. The molecule has 0 heterocycles. The SMILES string of the molecule is CCOC(=O)CC(C)(C)N=C=O. The molecule has 0 bridgehead atoms. The van der Waals surface area contributed by atoms with Crippen LogP contribution in [0.5, 0.6) is 0 Å². The molecule has 0 N–H and O–H groups in total. The number of hydrogen-bond donors (Lipinski definition) is 0. The highest BCUT2D eigenvalue weighted by molar-refractivity contribution is 5.71. The van der Waals surface area contributed by atoms with Crippen LogP contribution in [0.1, 0.15) is 27.2 Å². The monoisotopic (exact) mass is 171 g/mol. The highest BCUT2D eigenvalue weighted by Gasteiger charge is 2.21. The van der Waals surface area contributed by atoms with Crippen LogP contribution < -0.4 is 0 Å². The fourth-order valence-electron chi connectivity index (χ4n) is 0.728. The van der Waals surface area contributed by atoms with E-state index in [1.165, 1.54) is 6.08 Å². The van der Waals surface area contributed by atoms with E-state index in [1.54, 1.807) is 20.8 Å². The predicted octanol–water partition coefficient (Wildman–Crippen LogP) is 1.05. The van der Waals surface area contributed by atoms with E-state index in [1.807, 2.05) is 0 Å². The number of hydrogen-bond acceptors (Lipinski definition) is 4. The van der Waals surface area contributed by atoms with Crippen molar-refractivity contribution in [2.24, 2.45) is 4.99 Å². The fraction of sp³-hybridized carbons (Fsp3) is 0.750. The zero-order chi connectivity index (χ0) is 9.61. The van der Waals surface area contributed by atoms with Crippen molar-refractivity contribution in [1.82, 2.24) is 0 Å². The summed E-state index contributed by atoms with van der Waals surface area (Å²) >= 11 is 0. The van der Waals surface area contributed by atoms with Gasteiger partial charge in [-0.15, -0.1) is 0 Å². The Morgan fingerprint density at radius 2 is 2.17 bits per heavy atom. The Balaban J connectivity index is 4.05. The molecule has 0 amide bonds. The second-order valence-electron chi connectivity index (χ2n) is 3.00. The minimum atomic E-state index is -0.700. The molecule has 0 aliphatic carbocycles. The highest BCUT2D eigenvalue weighted by atomic mass is 16.5. The zero-order valence-electron chi connectivity index (χ0n) is 7.59. The van der Waals surface area contributed by atoms with Crippen molar-refractivity contribution in [3.8, 4) is 0 Å². The molecule has 0 aromatic heterocycles. The third-order valence-electron chi connectivity index (χ3n) is 1.23. The van der Waals surface area contributed by atoms with Gasteiger partial charge in [-0.25, -0.2) is 4.79 Å². The van der Waals surface area contributed by atoms with Crippen LogP contribution in [0.4, 0.5) is 0 Å². The van der Waals surface area contributed by atoms with Crippen LogP contribution in [0, 0.1) is 0 Å². The number of ether oxygens (including phenoxy) is 1. The van der Waals surface area contributed by atoms with Gasteiger partial charge in [-0.2, -0.15) is 4.99 Å². The first-order valence-electron chi connectivity index (χ1n) is 3.76. The number of esters is 1. The van der Waals surface area contributed by atoms with E-state index < -0.39 is 5.54 Å². The molecule has 0 spiro atoms. The van der Waals surface area contributed by atoms with Crippen LogP contribution in [0.2, 0.25) is 0 Å². The normalized spacial score (nSPS) is 10.2. The lowest BCUT2D eigenvalue weighted by Gasteiger charge is -2.15. The van der Waals surface area contributed by atoms with Crippen LogP contribution >= 0.6 is 0 Å². The Hall–Kier alpha value is -1.15. The van der Waals surface area contributed by atoms with E-state index in [2.05, 4.69) is 4.99 Å². The average molecular weight is 171 g/mol. The fourth-order valence-corrected chi connectivity index (χ4v) is 0.728. The lowest BCUT2D eigenvalue weighted by atomic mass is 10.0. The first-order chi connectivity index (χ1) is 5.52. The van der Waals surface area contributed by atoms with Gasteiger partial charge < -0.3 is 4.74 Å². The molecule has 4 heteroatoms. The predicted molar refractivity (Wildman–Crippen MR) is 43.5 cm³/mol. The van der Waals surface area contributed by atoms with Gasteiger partial charge in [0.15, 0.2) is 0 Å². The smallest absolute Gasteiger partial charge is 0.308 e. The first-order valence-corrected chi connectivity index (χ1v) is 3.76. The van der Waals surface area contributed by atoms with E-state index >= 15 is 0 Å². The van der Waals surface area contributed by atoms with Gasteiger partial charge in [0.05, 0.1) is 18.6 Å². The Kier molecular flexibility index (Phi) is 4.22. The van der Waals surface area contributed by atoms with E-state index in [9.17, 15) is 9.59 Å². The summed E-state index contributed by atoms with van der Waals surface area (Å²) in [5.41, 5.74) is -0.700. The molecule has 68 valence electrons. The van der Waals surface area contributed by atoms with Gasteiger partial charge in [-0.1, -0.05) is 0 Å². The molecule has 0 saturated heterocycles. The molecule has 0 aromatic rings. The van der Waals surface area contributed by atoms with Crippen LogP contribution in [0.3, 0.4) is 0 Å². The third kappa shape index (κ3) is 4.63. The van der Waals surface area contributed by atoms with Gasteiger partial charge in [-0.05, 0) is 20.8 Å². The Morgan fingerprint density at radius 1 is 1.58 bits per heavy atom. The Morgan fingerprint density at radius 3 is 2.58 bits per heavy atom. The summed E-state index contributed by atoms with van der Waals surface area (Å²) in [6.45, 7) is 5.43. The molecule has 0 aliphatic heterocycles. The van der Waals surface area contributed by atoms with E-state index in [-0.39, 0.29) is 12.4 Å². The minimum absolute atomic E-state index is 0.107. The minimum Gasteiger partial charge on any atom is -0.466 e. The molecule has 4 nitrogen and oxygen atoms in total. The van der Waals surface area contributed by atoms with Crippen molar-refractivity contribution in [3.63, 3.8) is 0 Å². The van der Waals surface area contributed by atoms with Gasteiger partial charge in [0.2, 0.25) is 6.08 Å². The molecular formula is C8H13NO3.